The molecule has 1 aliphatic heterocycles. The number of thiazole rings is 1. The lowest BCUT2D eigenvalue weighted by atomic mass is 10.5. The van der Waals surface area contributed by atoms with Crippen LogP contribution in [0.5, 0.6) is 0 Å². The van der Waals surface area contributed by atoms with Crippen molar-refractivity contribution in [3.63, 3.8) is 0 Å². The first-order valence-electron chi connectivity index (χ1n) is 5.38. The summed E-state index contributed by atoms with van der Waals surface area (Å²) in [5, 5.41) is 8.88. The number of H-pyrrole nitrogens is 1. The van der Waals surface area contributed by atoms with E-state index in [4.69, 9.17) is 15.6 Å². The number of hydrogen-bond donors (Lipinski definition) is 3. The molecule has 0 aliphatic carbocycles. The summed E-state index contributed by atoms with van der Waals surface area (Å²) in [5.74, 6) is -0.957. The maximum absolute atomic E-state index is 12.0. The molecule has 2 aromatic rings. The molecule has 0 amide bonds. The molecule has 0 spiro atoms. The van der Waals surface area contributed by atoms with E-state index in [1.54, 1.807) is 0 Å². The number of aliphatic carboxylic acids is 1. The highest BCUT2D eigenvalue weighted by Gasteiger charge is 2.34. The normalized spacial score (nSPS) is 22.4. The maximum atomic E-state index is 12.0. The third-order valence-corrected chi connectivity index (χ3v) is 4.69. The molecule has 2 atom stereocenters. The Morgan fingerprint density at radius 1 is 1.55 bits per heavy atom. The number of rotatable bonds is 2. The molecular formula is C9H8N4O5S2. The van der Waals surface area contributed by atoms with E-state index in [1.165, 1.54) is 4.57 Å². The van der Waals surface area contributed by atoms with E-state index in [2.05, 4.69) is 9.97 Å². The molecule has 9 nitrogen and oxygen atoms in total. The topological polar surface area (TPSA) is 140 Å². The van der Waals surface area contributed by atoms with Crippen LogP contribution in [0.1, 0.15) is 6.23 Å². The van der Waals surface area contributed by atoms with E-state index < -0.39 is 28.1 Å². The van der Waals surface area contributed by atoms with Crippen LogP contribution in [0, 0.1) is 0 Å². The van der Waals surface area contributed by atoms with Gasteiger partial charge in [-0.25, -0.2) is 4.79 Å². The third kappa shape index (κ3) is 1.99. The smallest absolute Gasteiger partial charge is 0.343 e. The molecule has 0 radical (unpaired) electrons. The molecule has 3 heterocycles. The van der Waals surface area contributed by atoms with E-state index in [9.17, 15) is 14.4 Å². The molecule has 1 saturated heterocycles. The zero-order chi connectivity index (χ0) is 14.4. The van der Waals surface area contributed by atoms with Gasteiger partial charge < -0.3 is 15.6 Å². The number of ether oxygens (including phenoxy) is 1. The molecule has 3 rings (SSSR count). The number of carboxylic acids is 1. The Balaban J connectivity index is 2.13. The highest BCUT2D eigenvalue weighted by Crippen LogP contribution is 2.32. The third-order valence-electron chi connectivity index (χ3n) is 2.65. The molecule has 2 aromatic heterocycles. The molecule has 4 N–H and O–H groups in total. The molecule has 11 heteroatoms. The first-order valence-corrected chi connectivity index (χ1v) is 7.24. The van der Waals surface area contributed by atoms with Gasteiger partial charge in [0, 0.05) is 5.75 Å². The number of anilines is 1. The predicted octanol–water partition coefficient (Wildman–Crippen LogP) is -0.599. The Morgan fingerprint density at radius 2 is 2.30 bits per heavy atom. The van der Waals surface area contributed by atoms with Gasteiger partial charge in [-0.1, -0.05) is 11.3 Å². The summed E-state index contributed by atoms with van der Waals surface area (Å²) in [6, 6.07) is 0. The van der Waals surface area contributed by atoms with Crippen LogP contribution >= 0.6 is 23.1 Å². The van der Waals surface area contributed by atoms with Crippen LogP contribution in [0.4, 0.5) is 5.95 Å². The van der Waals surface area contributed by atoms with Crippen LogP contribution in [-0.4, -0.2) is 36.8 Å². The summed E-state index contributed by atoms with van der Waals surface area (Å²) < 4.78 is 6.58. The van der Waals surface area contributed by atoms with E-state index in [0.717, 1.165) is 23.1 Å². The van der Waals surface area contributed by atoms with Crippen LogP contribution in [0.25, 0.3) is 10.3 Å². The summed E-state index contributed by atoms with van der Waals surface area (Å²) in [4.78, 5) is 40.3. The van der Waals surface area contributed by atoms with Crippen LogP contribution in [-0.2, 0) is 9.53 Å². The number of nitrogens with zero attached hydrogens (tertiary/aromatic N) is 2. The van der Waals surface area contributed by atoms with Crippen molar-refractivity contribution >= 4 is 45.4 Å². The Labute approximate surface area is 118 Å². The van der Waals surface area contributed by atoms with Crippen molar-refractivity contribution < 1.29 is 14.6 Å². The van der Waals surface area contributed by atoms with Gasteiger partial charge in [-0.2, -0.15) is 4.98 Å². The van der Waals surface area contributed by atoms with Gasteiger partial charge in [0.05, 0.1) is 0 Å². The van der Waals surface area contributed by atoms with Gasteiger partial charge in [0.25, 0.3) is 5.56 Å². The van der Waals surface area contributed by atoms with E-state index >= 15 is 0 Å². The Kier molecular flexibility index (Phi) is 3.03. The summed E-state index contributed by atoms with van der Waals surface area (Å²) in [6.45, 7) is 0. The van der Waals surface area contributed by atoms with E-state index in [-0.39, 0.29) is 22.0 Å². The van der Waals surface area contributed by atoms with Gasteiger partial charge in [-0.05, 0) is 0 Å². The largest absolute Gasteiger partial charge is 0.479 e. The highest BCUT2D eigenvalue weighted by molar-refractivity contribution is 8.00. The average Bonchev–Trinajstić information content (AvgIpc) is 2.93. The lowest BCUT2D eigenvalue weighted by molar-refractivity contribution is -0.147. The Morgan fingerprint density at radius 3 is 2.95 bits per heavy atom. The van der Waals surface area contributed by atoms with Crippen molar-refractivity contribution in [2.24, 2.45) is 0 Å². The maximum Gasteiger partial charge on any atom is 0.343 e. The highest BCUT2D eigenvalue weighted by atomic mass is 32.2. The molecule has 106 valence electrons. The number of nitrogen functional groups attached to an aromatic ring is 1. The summed E-state index contributed by atoms with van der Waals surface area (Å²) >= 11 is 1.78. The predicted molar refractivity (Wildman–Crippen MR) is 72.9 cm³/mol. The molecular weight excluding hydrogens is 308 g/mol. The fourth-order valence-corrected chi connectivity index (χ4v) is 3.63. The number of carboxylic acid groups (broad SMARTS) is 1. The minimum Gasteiger partial charge on any atom is -0.479 e. The van der Waals surface area contributed by atoms with E-state index in [0.29, 0.717) is 0 Å². The summed E-state index contributed by atoms with van der Waals surface area (Å²) in [6.07, 6.45) is -0.781. The summed E-state index contributed by atoms with van der Waals surface area (Å²) in [7, 11) is 0. The number of hydrogen-bond acceptors (Lipinski definition) is 8. The van der Waals surface area contributed by atoms with Gasteiger partial charge in [-0.3, -0.25) is 19.1 Å². The number of nitrogens with one attached hydrogen (secondary N) is 1. The van der Waals surface area contributed by atoms with Gasteiger partial charge >= 0.3 is 10.8 Å². The lowest BCUT2D eigenvalue weighted by Gasteiger charge is -2.11. The number of aromatic nitrogens is 3. The SMILES string of the molecule is Nc1nc2c(sc(=O)n2[C@H]2CS[C@@H](C(=O)O)O2)c(=O)[nH]1. The fourth-order valence-electron chi connectivity index (χ4n) is 1.86. The van der Waals surface area contributed by atoms with Crippen molar-refractivity contribution in [2.45, 2.75) is 11.7 Å². The first-order chi connectivity index (χ1) is 9.47. The molecule has 0 bridgehead atoms. The van der Waals surface area contributed by atoms with E-state index in [1.807, 2.05) is 0 Å². The number of aromatic amines is 1. The van der Waals surface area contributed by atoms with Gasteiger partial charge in [0.15, 0.2) is 11.9 Å². The second kappa shape index (κ2) is 4.61. The number of fused-ring (bicyclic) bond motifs is 1. The van der Waals surface area contributed by atoms with Crippen molar-refractivity contribution in [3.8, 4) is 0 Å². The average molecular weight is 316 g/mol. The standard InChI is InChI=1S/C9H8N4O5S2/c10-8-11-4-3(5(14)12-8)20-9(17)13(4)2-1-19-7(18-2)6(15)16/h2,7H,1H2,(H,15,16)(H3,10,11,12,14)/t2-,7+/m1/s1. The number of carbonyl (C=O) groups is 1. The van der Waals surface area contributed by atoms with Crippen molar-refractivity contribution in [1.29, 1.82) is 0 Å². The molecule has 0 saturated carbocycles. The minimum absolute atomic E-state index is 0.109. The van der Waals surface area contributed by atoms with Crippen molar-refractivity contribution in [1.82, 2.24) is 14.5 Å². The molecule has 1 fully saturated rings. The van der Waals surface area contributed by atoms with Crippen molar-refractivity contribution in [3.05, 3.63) is 20.0 Å². The number of thioether (sulfide) groups is 1. The molecule has 20 heavy (non-hydrogen) atoms. The molecule has 0 aromatic carbocycles. The first kappa shape index (κ1) is 13.1. The number of nitrogens with two attached hydrogens (primary N) is 1. The van der Waals surface area contributed by atoms with Gasteiger partial charge in [0.2, 0.25) is 11.4 Å². The summed E-state index contributed by atoms with van der Waals surface area (Å²) in [5.41, 5.74) is 4.02. The monoisotopic (exact) mass is 316 g/mol. The van der Waals surface area contributed by atoms with Gasteiger partial charge in [-0.15, -0.1) is 11.8 Å². The van der Waals surface area contributed by atoms with Gasteiger partial charge in [0.1, 0.15) is 4.70 Å². The Hall–Kier alpha value is -1.85. The lowest BCUT2D eigenvalue weighted by Crippen LogP contribution is -2.24. The van der Waals surface area contributed by atoms with Crippen LogP contribution < -0.4 is 16.2 Å². The fraction of sp³-hybridized carbons (Fsp3) is 0.333. The molecule has 0 unspecified atom stereocenters. The van der Waals surface area contributed by atoms with Crippen LogP contribution in [0.2, 0.25) is 0 Å². The van der Waals surface area contributed by atoms with Crippen molar-refractivity contribution in [2.75, 3.05) is 11.5 Å². The second-order valence-electron chi connectivity index (χ2n) is 3.94. The zero-order valence-electron chi connectivity index (χ0n) is 9.73. The Bertz CT molecular complexity index is 809. The van der Waals surface area contributed by atoms with Crippen LogP contribution in [0.15, 0.2) is 9.59 Å². The quantitative estimate of drug-likeness (QED) is 0.667. The minimum atomic E-state index is -1.12. The zero-order valence-corrected chi connectivity index (χ0v) is 11.4. The second-order valence-corrected chi connectivity index (χ2v) is 5.99. The van der Waals surface area contributed by atoms with Crippen LogP contribution in [0.3, 0.4) is 0 Å². The molecule has 1 aliphatic rings.